The second-order valence-electron chi connectivity index (χ2n) is 3.61. The Bertz CT molecular complexity index is 274. The highest BCUT2D eigenvalue weighted by molar-refractivity contribution is 5.12. The van der Waals surface area contributed by atoms with Crippen LogP contribution in [0.1, 0.15) is 37.4 Å². The molecule has 1 rings (SSSR count). The van der Waals surface area contributed by atoms with Crippen LogP contribution in [0.3, 0.4) is 0 Å². The first-order valence-corrected chi connectivity index (χ1v) is 5.66. The number of aromatic nitrogens is 1. The SMILES string of the molecule is CCCCCOOCc1ccc(CO)cn1. The molecule has 0 fully saturated rings. The lowest BCUT2D eigenvalue weighted by Gasteiger charge is -2.03. The maximum absolute atomic E-state index is 8.83. The van der Waals surface area contributed by atoms with Crippen molar-refractivity contribution in [2.24, 2.45) is 0 Å². The van der Waals surface area contributed by atoms with Crippen LogP contribution in [0, 0.1) is 0 Å². The van der Waals surface area contributed by atoms with E-state index in [4.69, 9.17) is 14.9 Å². The van der Waals surface area contributed by atoms with Crippen LogP contribution in [0.5, 0.6) is 0 Å². The molecule has 16 heavy (non-hydrogen) atoms. The molecule has 0 bridgehead atoms. The van der Waals surface area contributed by atoms with Crippen molar-refractivity contribution in [2.75, 3.05) is 6.61 Å². The number of aliphatic hydroxyl groups excluding tert-OH is 1. The predicted molar refractivity (Wildman–Crippen MR) is 60.4 cm³/mol. The summed E-state index contributed by atoms with van der Waals surface area (Å²) in [6.45, 7) is 3.13. The van der Waals surface area contributed by atoms with Gasteiger partial charge in [0.2, 0.25) is 0 Å². The van der Waals surface area contributed by atoms with Crippen molar-refractivity contribution in [3.63, 3.8) is 0 Å². The number of rotatable bonds is 8. The lowest BCUT2D eigenvalue weighted by Crippen LogP contribution is -1.99. The van der Waals surface area contributed by atoms with Gasteiger partial charge in [-0.25, -0.2) is 9.78 Å². The predicted octanol–water partition coefficient (Wildman–Crippen LogP) is 2.21. The van der Waals surface area contributed by atoms with Crippen molar-refractivity contribution in [2.45, 2.75) is 39.4 Å². The molecule has 0 atom stereocenters. The molecule has 0 radical (unpaired) electrons. The average Bonchev–Trinajstić information content (AvgIpc) is 2.34. The van der Waals surface area contributed by atoms with Gasteiger partial charge in [0.15, 0.2) is 0 Å². The minimum atomic E-state index is 0.0155. The van der Waals surface area contributed by atoms with Crippen LogP contribution in [-0.4, -0.2) is 16.7 Å². The van der Waals surface area contributed by atoms with Gasteiger partial charge < -0.3 is 5.11 Å². The van der Waals surface area contributed by atoms with Gasteiger partial charge in [0.05, 0.1) is 18.9 Å². The number of hydrogen-bond donors (Lipinski definition) is 1. The Labute approximate surface area is 96.2 Å². The third kappa shape index (κ3) is 5.21. The van der Waals surface area contributed by atoms with E-state index < -0.39 is 0 Å². The summed E-state index contributed by atoms with van der Waals surface area (Å²) in [5.41, 5.74) is 1.60. The number of aliphatic hydroxyl groups is 1. The summed E-state index contributed by atoms with van der Waals surface area (Å²) in [7, 11) is 0. The van der Waals surface area contributed by atoms with Gasteiger partial charge in [0.1, 0.15) is 6.61 Å². The van der Waals surface area contributed by atoms with Crippen LogP contribution in [0.4, 0.5) is 0 Å². The minimum absolute atomic E-state index is 0.0155. The Morgan fingerprint density at radius 1 is 1.25 bits per heavy atom. The van der Waals surface area contributed by atoms with E-state index in [1.165, 1.54) is 6.42 Å². The molecule has 0 aliphatic heterocycles. The van der Waals surface area contributed by atoms with Gasteiger partial charge in [0, 0.05) is 6.20 Å². The molecule has 4 heteroatoms. The molecule has 0 aromatic carbocycles. The van der Waals surface area contributed by atoms with E-state index in [0.717, 1.165) is 24.1 Å². The van der Waals surface area contributed by atoms with Crippen LogP contribution >= 0.6 is 0 Å². The molecule has 0 aliphatic rings. The molecule has 0 saturated heterocycles. The standard InChI is InChI=1S/C12H19NO3/c1-2-3-4-7-15-16-10-12-6-5-11(9-14)8-13-12/h5-6,8,14H,2-4,7,9-10H2,1H3. The highest BCUT2D eigenvalue weighted by Gasteiger charge is 1.96. The molecule has 0 unspecified atom stereocenters. The smallest absolute Gasteiger partial charge is 0.124 e. The number of unbranched alkanes of at least 4 members (excludes halogenated alkanes) is 2. The summed E-state index contributed by atoms with van der Waals surface area (Å²) in [4.78, 5) is 14.1. The summed E-state index contributed by atoms with van der Waals surface area (Å²) >= 11 is 0. The first-order chi connectivity index (χ1) is 7.86. The first kappa shape index (κ1) is 13.1. The topological polar surface area (TPSA) is 51.6 Å². The van der Waals surface area contributed by atoms with Crippen molar-refractivity contribution < 1.29 is 14.9 Å². The summed E-state index contributed by atoms with van der Waals surface area (Å²) in [5, 5.41) is 8.83. The molecular weight excluding hydrogens is 206 g/mol. The molecule has 0 aliphatic carbocycles. The number of nitrogens with zero attached hydrogens (tertiary/aromatic N) is 1. The average molecular weight is 225 g/mol. The van der Waals surface area contributed by atoms with Gasteiger partial charge >= 0.3 is 0 Å². The summed E-state index contributed by atoms with van der Waals surface area (Å²) in [6, 6.07) is 3.64. The Balaban J connectivity index is 2.12. The van der Waals surface area contributed by atoms with E-state index in [2.05, 4.69) is 11.9 Å². The fourth-order valence-corrected chi connectivity index (χ4v) is 1.21. The van der Waals surface area contributed by atoms with Gasteiger partial charge in [-0.2, -0.15) is 0 Å². The van der Waals surface area contributed by atoms with Crippen LogP contribution in [0.25, 0.3) is 0 Å². The van der Waals surface area contributed by atoms with Crippen molar-refractivity contribution in [1.82, 2.24) is 4.98 Å². The van der Waals surface area contributed by atoms with Gasteiger partial charge in [-0.3, -0.25) is 4.98 Å². The molecule has 1 N–H and O–H groups in total. The maximum Gasteiger partial charge on any atom is 0.124 e. The van der Waals surface area contributed by atoms with Gasteiger partial charge in [-0.15, -0.1) is 0 Å². The zero-order valence-corrected chi connectivity index (χ0v) is 9.69. The third-order valence-electron chi connectivity index (χ3n) is 2.19. The van der Waals surface area contributed by atoms with E-state index in [-0.39, 0.29) is 6.61 Å². The quantitative estimate of drug-likeness (QED) is 0.418. The largest absolute Gasteiger partial charge is 0.392 e. The second-order valence-corrected chi connectivity index (χ2v) is 3.61. The highest BCUT2D eigenvalue weighted by atomic mass is 17.2. The summed E-state index contributed by atoms with van der Waals surface area (Å²) in [5.74, 6) is 0. The summed E-state index contributed by atoms with van der Waals surface area (Å²) in [6.07, 6.45) is 4.99. The lowest BCUT2D eigenvalue weighted by molar-refractivity contribution is -0.304. The Kier molecular flexibility index (Phi) is 6.72. The third-order valence-corrected chi connectivity index (χ3v) is 2.19. The van der Waals surface area contributed by atoms with Crippen LogP contribution in [0.15, 0.2) is 18.3 Å². The minimum Gasteiger partial charge on any atom is -0.392 e. The number of hydrogen-bond acceptors (Lipinski definition) is 4. The van der Waals surface area contributed by atoms with Gasteiger partial charge in [-0.05, 0) is 18.1 Å². The Morgan fingerprint density at radius 3 is 2.75 bits per heavy atom. The monoisotopic (exact) mass is 225 g/mol. The normalized spacial score (nSPS) is 10.6. The molecule has 90 valence electrons. The van der Waals surface area contributed by atoms with E-state index in [1.54, 1.807) is 6.20 Å². The highest BCUT2D eigenvalue weighted by Crippen LogP contribution is 2.02. The van der Waals surface area contributed by atoms with Crippen molar-refractivity contribution in [1.29, 1.82) is 0 Å². The van der Waals surface area contributed by atoms with Gasteiger partial charge in [0.25, 0.3) is 0 Å². The lowest BCUT2D eigenvalue weighted by atomic mass is 10.3. The van der Waals surface area contributed by atoms with E-state index in [0.29, 0.717) is 13.2 Å². The van der Waals surface area contributed by atoms with Crippen molar-refractivity contribution >= 4 is 0 Å². The van der Waals surface area contributed by atoms with E-state index in [1.807, 2.05) is 12.1 Å². The molecule has 1 aromatic rings. The maximum atomic E-state index is 8.83. The van der Waals surface area contributed by atoms with Gasteiger partial charge in [-0.1, -0.05) is 25.8 Å². The second kappa shape index (κ2) is 8.21. The van der Waals surface area contributed by atoms with Crippen molar-refractivity contribution in [3.05, 3.63) is 29.6 Å². The molecule has 0 spiro atoms. The summed E-state index contributed by atoms with van der Waals surface area (Å²) < 4.78 is 0. The van der Waals surface area contributed by atoms with Crippen LogP contribution in [-0.2, 0) is 23.0 Å². The molecular formula is C12H19NO3. The zero-order valence-electron chi connectivity index (χ0n) is 9.69. The first-order valence-electron chi connectivity index (χ1n) is 5.66. The van der Waals surface area contributed by atoms with Crippen LogP contribution < -0.4 is 0 Å². The Morgan fingerprint density at radius 2 is 2.12 bits per heavy atom. The molecule has 1 heterocycles. The van der Waals surface area contributed by atoms with Crippen LogP contribution in [0.2, 0.25) is 0 Å². The molecule has 0 amide bonds. The Hall–Kier alpha value is -0.970. The fourth-order valence-electron chi connectivity index (χ4n) is 1.21. The fraction of sp³-hybridized carbons (Fsp3) is 0.583. The molecule has 4 nitrogen and oxygen atoms in total. The van der Waals surface area contributed by atoms with Crippen molar-refractivity contribution in [3.8, 4) is 0 Å². The van der Waals surface area contributed by atoms with E-state index in [9.17, 15) is 0 Å². The molecule has 1 aromatic heterocycles. The number of pyridine rings is 1. The zero-order chi connectivity index (χ0) is 11.6. The van der Waals surface area contributed by atoms with E-state index >= 15 is 0 Å². The molecule has 0 saturated carbocycles.